The molecule has 0 aliphatic carbocycles. The summed E-state index contributed by atoms with van der Waals surface area (Å²) in [6, 6.07) is 73.5. The Hall–Kier alpha value is -8.01. The zero-order chi connectivity index (χ0) is 43.9. The van der Waals surface area contributed by atoms with Crippen LogP contribution < -0.4 is 5.63 Å². The number of allylic oxidation sites excluding steroid dienone is 1. The van der Waals surface area contributed by atoms with Crippen LogP contribution in [-0.2, 0) is 19.3 Å². The number of fused-ring (bicyclic) bond motifs is 6. The minimum Gasteiger partial charge on any atom is -0.422 e. The topological polar surface area (TPSA) is 35.1 Å². The van der Waals surface area contributed by atoms with Gasteiger partial charge in [0.15, 0.2) is 0 Å². The maximum atomic E-state index is 13.4. The monoisotopic (exact) mass is 837 g/mol. The van der Waals surface area contributed by atoms with E-state index < -0.39 is 0 Å². The summed E-state index contributed by atoms with van der Waals surface area (Å²) in [5.41, 5.74) is 18.4. The lowest BCUT2D eigenvalue weighted by Crippen LogP contribution is -2.00. The summed E-state index contributed by atoms with van der Waals surface area (Å²) in [5, 5.41) is 4.61. The lowest BCUT2D eigenvalue weighted by molar-refractivity contribution is 0.570. The van der Waals surface area contributed by atoms with Crippen LogP contribution in [0.1, 0.15) is 41.7 Å². The van der Waals surface area contributed by atoms with Crippen molar-refractivity contribution in [2.75, 3.05) is 0 Å². The highest BCUT2D eigenvalue weighted by Gasteiger charge is 2.18. The molecule has 65 heavy (non-hydrogen) atoms. The maximum absolute atomic E-state index is 13.4. The van der Waals surface area contributed by atoms with E-state index in [2.05, 4.69) is 194 Å². The van der Waals surface area contributed by atoms with E-state index in [-0.39, 0.29) is 5.63 Å². The first kappa shape index (κ1) is 39.8. The van der Waals surface area contributed by atoms with Crippen LogP contribution in [0, 0.1) is 0 Å². The molecule has 0 saturated heterocycles. The second kappa shape index (κ2) is 16.9. The number of aryl methyl sites for hydroxylation is 2. The smallest absolute Gasteiger partial charge is 0.344 e. The zero-order valence-electron chi connectivity index (χ0n) is 36.6. The average molecular weight is 838 g/mol. The number of hydrogen-bond acceptors (Lipinski definition) is 2. The zero-order valence-corrected chi connectivity index (χ0v) is 36.6. The fourth-order valence-corrected chi connectivity index (χ4v) is 9.77. The summed E-state index contributed by atoms with van der Waals surface area (Å²) in [7, 11) is 0. The van der Waals surface area contributed by atoms with Crippen molar-refractivity contribution < 1.29 is 4.42 Å². The summed E-state index contributed by atoms with van der Waals surface area (Å²) in [6.45, 7) is 4.50. The molecule has 0 bridgehead atoms. The molecule has 11 aromatic rings. The normalized spacial score (nSPS) is 11.9. The van der Waals surface area contributed by atoms with Gasteiger partial charge in [-0.15, -0.1) is 0 Å². The fraction of sp³-hybridized carbons (Fsp3) is 0.0806. The van der Waals surface area contributed by atoms with Crippen molar-refractivity contribution >= 4 is 55.2 Å². The van der Waals surface area contributed by atoms with Gasteiger partial charge in [0.1, 0.15) is 5.58 Å². The molecule has 0 radical (unpaired) electrons. The summed E-state index contributed by atoms with van der Waals surface area (Å²) >= 11 is 0. The first-order chi connectivity index (χ1) is 32.0. The van der Waals surface area contributed by atoms with Crippen LogP contribution in [0.3, 0.4) is 0 Å². The molecule has 0 aliphatic heterocycles. The van der Waals surface area contributed by atoms with E-state index in [1.54, 1.807) is 0 Å². The van der Waals surface area contributed by atoms with Crippen LogP contribution in [0.15, 0.2) is 215 Å². The fourth-order valence-electron chi connectivity index (χ4n) is 9.77. The van der Waals surface area contributed by atoms with Crippen molar-refractivity contribution in [1.82, 2.24) is 4.57 Å². The lowest BCUT2D eigenvalue weighted by Gasteiger charge is -2.16. The molecule has 0 saturated carbocycles. The van der Waals surface area contributed by atoms with E-state index in [0.717, 1.165) is 74.2 Å². The minimum absolute atomic E-state index is 0.329. The predicted molar refractivity (Wildman–Crippen MR) is 274 cm³/mol. The van der Waals surface area contributed by atoms with Crippen molar-refractivity contribution in [3.05, 3.63) is 244 Å². The first-order valence-electron chi connectivity index (χ1n) is 22.7. The highest BCUT2D eigenvalue weighted by atomic mass is 16.4. The van der Waals surface area contributed by atoms with Gasteiger partial charge in [-0.2, -0.15) is 0 Å². The van der Waals surface area contributed by atoms with Crippen LogP contribution >= 0.6 is 0 Å². The SMILES string of the molecule is CCc1ccccc1-c1ccc(CC(=Cc2ccc(-c3ccc4c(c3)c3cc5c(cc3n4-c3ccccc3)c(=O)oc3ccccc35)cc2)c2ccc(-c3ccccc3)cc2)cc1CC. The van der Waals surface area contributed by atoms with E-state index in [4.69, 9.17) is 4.42 Å². The Labute approximate surface area is 379 Å². The summed E-state index contributed by atoms with van der Waals surface area (Å²) in [4.78, 5) is 13.4. The van der Waals surface area contributed by atoms with Gasteiger partial charge in [-0.05, 0) is 128 Å². The third kappa shape index (κ3) is 7.45. The summed E-state index contributed by atoms with van der Waals surface area (Å²) < 4.78 is 8.05. The predicted octanol–water partition coefficient (Wildman–Crippen LogP) is 16.0. The van der Waals surface area contributed by atoms with Gasteiger partial charge in [0.2, 0.25) is 0 Å². The van der Waals surface area contributed by atoms with E-state index in [1.165, 1.54) is 50.1 Å². The largest absolute Gasteiger partial charge is 0.422 e. The second-order valence-corrected chi connectivity index (χ2v) is 17.0. The Morgan fingerprint density at radius 1 is 0.477 bits per heavy atom. The molecule has 3 heteroatoms. The van der Waals surface area contributed by atoms with E-state index in [0.29, 0.717) is 11.0 Å². The molecular weight excluding hydrogens is 791 g/mol. The Balaban J connectivity index is 0.990. The maximum Gasteiger partial charge on any atom is 0.344 e. The standard InChI is InChI=1S/C62H47NO2/c1-3-43-15-11-12-20-52(43)53-33-25-42(36-44(53)4-2)37-50(48-30-28-46(29-31-48)45-16-7-5-8-17-45)35-41-23-26-47(27-24-41)49-32-34-59-56(38-49)57-39-55-54-21-13-14-22-61(54)65-62(64)58(55)40-60(57)63(59)51-18-9-6-10-19-51/h5-36,38-40H,3-4,37H2,1-2H3. The van der Waals surface area contributed by atoms with Crippen LogP contribution in [0.2, 0.25) is 0 Å². The summed E-state index contributed by atoms with van der Waals surface area (Å²) in [6.07, 6.45) is 5.14. The molecule has 3 nitrogen and oxygen atoms in total. The molecule has 0 atom stereocenters. The molecule has 0 amide bonds. The second-order valence-electron chi connectivity index (χ2n) is 17.0. The molecule has 2 aromatic heterocycles. The Morgan fingerprint density at radius 2 is 1.11 bits per heavy atom. The molecule has 2 heterocycles. The number of nitrogens with zero attached hydrogens (tertiary/aromatic N) is 1. The molecule has 9 aromatic carbocycles. The van der Waals surface area contributed by atoms with Crippen molar-refractivity contribution in [2.24, 2.45) is 0 Å². The molecule has 0 N–H and O–H groups in total. The van der Waals surface area contributed by atoms with E-state index in [9.17, 15) is 4.79 Å². The van der Waals surface area contributed by atoms with Gasteiger partial charge < -0.3 is 8.98 Å². The molecular formula is C62H47NO2. The van der Waals surface area contributed by atoms with E-state index in [1.807, 2.05) is 36.4 Å². The summed E-state index contributed by atoms with van der Waals surface area (Å²) in [5.74, 6) is 0. The van der Waals surface area contributed by atoms with Gasteiger partial charge in [0, 0.05) is 27.2 Å². The van der Waals surface area contributed by atoms with Crippen LogP contribution in [-0.4, -0.2) is 4.57 Å². The van der Waals surface area contributed by atoms with Crippen molar-refractivity contribution in [3.63, 3.8) is 0 Å². The van der Waals surface area contributed by atoms with Gasteiger partial charge in [0.05, 0.1) is 16.4 Å². The Morgan fingerprint density at radius 3 is 1.89 bits per heavy atom. The molecule has 11 rings (SSSR count). The number of hydrogen-bond donors (Lipinski definition) is 0. The highest BCUT2D eigenvalue weighted by molar-refractivity contribution is 6.18. The average Bonchev–Trinajstić information content (AvgIpc) is 3.69. The van der Waals surface area contributed by atoms with Gasteiger partial charge >= 0.3 is 5.63 Å². The van der Waals surface area contributed by atoms with Crippen LogP contribution in [0.25, 0.3) is 94.3 Å². The van der Waals surface area contributed by atoms with Crippen molar-refractivity contribution in [3.8, 4) is 39.1 Å². The number of para-hydroxylation sites is 2. The Bertz CT molecular complexity index is 3630. The van der Waals surface area contributed by atoms with Crippen molar-refractivity contribution in [1.29, 1.82) is 0 Å². The van der Waals surface area contributed by atoms with Crippen LogP contribution in [0.4, 0.5) is 0 Å². The molecule has 312 valence electrons. The molecule has 0 unspecified atom stereocenters. The third-order valence-corrected chi connectivity index (χ3v) is 13.1. The first-order valence-corrected chi connectivity index (χ1v) is 22.7. The highest BCUT2D eigenvalue weighted by Crippen LogP contribution is 2.39. The van der Waals surface area contributed by atoms with Gasteiger partial charge in [-0.3, -0.25) is 0 Å². The van der Waals surface area contributed by atoms with Gasteiger partial charge in [0.25, 0.3) is 0 Å². The number of rotatable bonds is 10. The Kier molecular flexibility index (Phi) is 10.4. The van der Waals surface area contributed by atoms with Gasteiger partial charge in [-0.25, -0.2) is 4.79 Å². The third-order valence-electron chi connectivity index (χ3n) is 13.1. The quantitative estimate of drug-likeness (QED) is 0.0781. The molecule has 0 fully saturated rings. The minimum atomic E-state index is -0.329. The van der Waals surface area contributed by atoms with Crippen molar-refractivity contribution in [2.45, 2.75) is 33.1 Å². The van der Waals surface area contributed by atoms with E-state index >= 15 is 0 Å². The van der Waals surface area contributed by atoms with Crippen LogP contribution in [0.5, 0.6) is 0 Å². The molecule has 0 aliphatic rings. The molecule has 0 spiro atoms. The van der Waals surface area contributed by atoms with Gasteiger partial charge in [-0.1, -0.05) is 184 Å². The number of benzene rings is 9. The lowest BCUT2D eigenvalue weighted by atomic mass is 9.89. The number of aromatic nitrogens is 1.